The number of benzene rings is 1. The molecule has 2 rings (SSSR count). The van der Waals surface area contributed by atoms with Crippen LogP contribution in [0, 0.1) is 11.8 Å². The Balaban J connectivity index is 2.07. The molecule has 108 valence electrons. The van der Waals surface area contributed by atoms with Crippen LogP contribution in [0.25, 0.3) is 0 Å². The number of rotatable bonds is 4. The number of aliphatic carboxylic acids is 1. The Hall–Kier alpha value is -1.49. The second-order valence-corrected chi connectivity index (χ2v) is 5.94. The first-order valence-electron chi connectivity index (χ1n) is 6.79. The van der Waals surface area contributed by atoms with Crippen molar-refractivity contribution in [2.24, 2.45) is 11.8 Å². The monoisotopic (exact) mass is 293 g/mol. The Morgan fingerprint density at radius 3 is 2.60 bits per heavy atom. The third kappa shape index (κ3) is 3.54. The summed E-state index contributed by atoms with van der Waals surface area (Å²) in [5.74, 6) is -2.00. The molecule has 0 bridgehead atoms. The molecule has 2 N–H and O–H groups in total. The molecule has 1 aliphatic carbocycles. The Kier molecular flexibility index (Phi) is 5.06. The summed E-state index contributed by atoms with van der Waals surface area (Å²) in [6.45, 7) is 0. The van der Waals surface area contributed by atoms with E-state index < -0.39 is 17.8 Å². The van der Waals surface area contributed by atoms with Gasteiger partial charge in [-0.1, -0.05) is 18.9 Å². The van der Waals surface area contributed by atoms with Crippen LogP contribution in [0.5, 0.6) is 0 Å². The Morgan fingerprint density at radius 2 is 1.95 bits per heavy atom. The van der Waals surface area contributed by atoms with Crippen molar-refractivity contribution in [3.8, 4) is 0 Å². The van der Waals surface area contributed by atoms with Gasteiger partial charge >= 0.3 is 5.97 Å². The van der Waals surface area contributed by atoms with E-state index in [4.69, 9.17) is 0 Å². The number of carbonyl (C=O) groups is 2. The lowest BCUT2D eigenvalue weighted by atomic mass is 9.78. The van der Waals surface area contributed by atoms with Crippen molar-refractivity contribution in [3.63, 3.8) is 0 Å². The van der Waals surface area contributed by atoms with Crippen molar-refractivity contribution in [1.29, 1.82) is 0 Å². The molecule has 20 heavy (non-hydrogen) atoms. The van der Waals surface area contributed by atoms with Gasteiger partial charge in [0.05, 0.1) is 11.8 Å². The van der Waals surface area contributed by atoms with E-state index in [0.29, 0.717) is 12.8 Å². The van der Waals surface area contributed by atoms with Crippen molar-refractivity contribution in [3.05, 3.63) is 24.3 Å². The molecule has 2 atom stereocenters. The molecule has 5 heteroatoms. The molecule has 0 heterocycles. The van der Waals surface area contributed by atoms with Crippen LogP contribution in [0.2, 0.25) is 0 Å². The molecule has 0 aromatic heterocycles. The standard InChI is InChI=1S/C15H19NO3S/c1-20-11-6-4-5-10(9-11)16-14(17)12-7-2-3-8-13(12)15(18)19/h4-6,9,12-13H,2-3,7-8H2,1H3,(H,16,17)(H,18,19)/t12-,13-/m1/s1. The van der Waals surface area contributed by atoms with Gasteiger partial charge < -0.3 is 10.4 Å². The first-order valence-corrected chi connectivity index (χ1v) is 8.02. The lowest BCUT2D eigenvalue weighted by molar-refractivity contribution is -0.147. The van der Waals surface area contributed by atoms with Gasteiger partial charge in [0.2, 0.25) is 5.91 Å². The average Bonchev–Trinajstić information content (AvgIpc) is 2.47. The van der Waals surface area contributed by atoms with Crippen LogP contribution in [0.1, 0.15) is 25.7 Å². The number of nitrogens with one attached hydrogen (secondary N) is 1. The van der Waals surface area contributed by atoms with Crippen molar-refractivity contribution in [2.45, 2.75) is 30.6 Å². The van der Waals surface area contributed by atoms with Crippen molar-refractivity contribution in [2.75, 3.05) is 11.6 Å². The summed E-state index contributed by atoms with van der Waals surface area (Å²) in [4.78, 5) is 24.6. The molecule has 1 fully saturated rings. The number of carboxylic acids is 1. The van der Waals surface area contributed by atoms with Gasteiger partial charge in [0.25, 0.3) is 0 Å². The summed E-state index contributed by atoms with van der Waals surface area (Å²) in [5.41, 5.74) is 0.733. The predicted octanol–water partition coefficient (Wildman–Crippen LogP) is 3.24. The number of thioether (sulfide) groups is 1. The van der Waals surface area contributed by atoms with Gasteiger partial charge in [-0.15, -0.1) is 11.8 Å². The van der Waals surface area contributed by atoms with Crippen molar-refractivity contribution < 1.29 is 14.7 Å². The van der Waals surface area contributed by atoms with Crippen LogP contribution in [0.15, 0.2) is 29.2 Å². The zero-order chi connectivity index (χ0) is 14.5. The normalized spacial score (nSPS) is 22.2. The molecule has 0 aliphatic heterocycles. The molecular weight excluding hydrogens is 274 g/mol. The first-order chi connectivity index (χ1) is 9.61. The largest absolute Gasteiger partial charge is 0.481 e. The first kappa shape index (κ1) is 14.9. The fourth-order valence-electron chi connectivity index (χ4n) is 2.68. The third-order valence-corrected chi connectivity index (χ3v) is 4.48. The molecule has 1 aromatic rings. The van der Waals surface area contributed by atoms with Crippen LogP contribution in [0.3, 0.4) is 0 Å². The van der Waals surface area contributed by atoms with Crippen LogP contribution < -0.4 is 5.32 Å². The van der Waals surface area contributed by atoms with E-state index in [1.54, 1.807) is 11.8 Å². The maximum Gasteiger partial charge on any atom is 0.307 e. The van der Waals surface area contributed by atoms with Gasteiger partial charge in [-0.25, -0.2) is 0 Å². The number of anilines is 1. The van der Waals surface area contributed by atoms with Crippen LogP contribution in [-0.4, -0.2) is 23.2 Å². The average molecular weight is 293 g/mol. The highest BCUT2D eigenvalue weighted by Gasteiger charge is 2.35. The fraction of sp³-hybridized carbons (Fsp3) is 0.467. The SMILES string of the molecule is CSc1cccc(NC(=O)[C@@H]2CCCC[C@H]2C(=O)O)c1. The van der Waals surface area contributed by atoms with E-state index in [-0.39, 0.29) is 5.91 Å². The molecule has 1 saturated carbocycles. The minimum atomic E-state index is -0.859. The lowest BCUT2D eigenvalue weighted by Crippen LogP contribution is -2.36. The maximum absolute atomic E-state index is 12.3. The van der Waals surface area contributed by atoms with E-state index >= 15 is 0 Å². The quantitative estimate of drug-likeness (QED) is 0.836. The van der Waals surface area contributed by atoms with E-state index in [1.165, 1.54) is 0 Å². The molecule has 1 amide bonds. The van der Waals surface area contributed by atoms with E-state index in [0.717, 1.165) is 23.4 Å². The van der Waals surface area contributed by atoms with Gasteiger partial charge in [0.1, 0.15) is 0 Å². The predicted molar refractivity (Wildman–Crippen MR) is 79.9 cm³/mol. The van der Waals surface area contributed by atoms with Crippen molar-refractivity contribution in [1.82, 2.24) is 0 Å². The van der Waals surface area contributed by atoms with Gasteiger partial charge in [0.15, 0.2) is 0 Å². The summed E-state index contributed by atoms with van der Waals surface area (Å²) in [6, 6.07) is 7.59. The Labute approximate surface area is 123 Å². The van der Waals surface area contributed by atoms with E-state index in [2.05, 4.69) is 5.32 Å². The maximum atomic E-state index is 12.3. The number of amides is 1. The summed E-state index contributed by atoms with van der Waals surface area (Å²) >= 11 is 1.61. The van der Waals surface area contributed by atoms with E-state index in [9.17, 15) is 14.7 Å². The molecule has 4 nitrogen and oxygen atoms in total. The fourth-order valence-corrected chi connectivity index (χ4v) is 3.14. The molecule has 0 unspecified atom stereocenters. The van der Waals surface area contributed by atoms with Crippen LogP contribution in [-0.2, 0) is 9.59 Å². The highest BCUT2D eigenvalue weighted by molar-refractivity contribution is 7.98. The minimum Gasteiger partial charge on any atom is -0.481 e. The van der Waals surface area contributed by atoms with Gasteiger partial charge in [-0.3, -0.25) is 9.59 Å². The highest BCUT2D eigenvalue weighted by atomic mass is 32.2. The molecule has 1 aromatic carbocycles. The highest BCUT2D eigenvalue weighted by Crippen LogP contribution is 2.31. The number of hydrogen-bond acceptors (Lipinski definition) is 3. The zero-order valence-electron chi connectivity index (χ0n) is 11.5. The molecule has 0 saturated heterocycles. The Morgan fingerprint density at radius 1 is 1.25 bits per heavy atom. The van der Waals surface area contributed by atoms with Gasteiger partial charge in [-0.05, 0) is 37.3 Å². The second kappa shape index (κ2) is 6.79. The van der Waals surface area contributed by atoms with Crippen LogP contribution >= 0.6 is 11.8 Å². The van der Waals surface area contributed by atoms with Crippen molar-refractivity contribution >= 4 is 29.3 Å². The zero-order valence-corrected chi connectivity index (χ0v) is 12.3. The summed E-state index contributed by atoms with van der Waals surface area (Å²) < 4.78 is 0. The van der Waals surface area contributed by atoms with Gasteiger partial charge in [0, 0.05) is 10.6 Å². The lowest BCUT2D eigenvalue weighted by Gasteiger charge is -2.27. The van der Waals surface area contributed by atoms with E-state index in [1.807, 2.05) is 30.5 Å². The number of carboxylic acid groups (broad SMARTS) is 1. The number of hydrogen-bond donors (Lipinski definition) is 2. The van der Waals surface area contributed by atoms with Crippen LogP contribution in [0.4, 0.5) is 5.69 Å². The molecular formula is C15H19NO3S. The molecule has 0 radical (unpaired) electrons. The third-order valence-electron chi connectivity index (χ3n) is 3.76. The second-order valence-electron chi connectivity index (χ2n) is 5.06. The van der Waals surface area contributed by atoms with Gasteiger partial charge in [-0.2, -0.15) is 0 Å². The summed E-state index contributed by atoms with van der Waals surface area (Å²) in [6.07, 6.45) is 5.04. The minimum absolute atomic E-state index is 0.171. The smallest absolute Gasteiger partial charge is 0.307 e. The summed E-state index contributed by atoms with van der Waals surface area (Å²) in [5, 5.41) is 12.1. The molecule has 1 aliphatic rings. The summed E-state index contributed by atoms with van der Waals surface area (Å²) in [7, 11) is 0. The Bertz CT molecular complexity index is 504. The number of carbonyl (C=O) groups excluding carboxylic acids is 1. The molecule has 0 spiro atoms. The topological polar surface area (TPSA) is 66.4 Å².